The van der Waals surface area contributed by atoms with Crippen LogP contribution in [-0.2, 0) is 20.7 Å². The zero-order valence-corrected chi connectivity index (χ0v) is 12.5. The molecule has 1 atom stereocenters. The molecule has 1 aliphatic heterocycles. The molecule has 0 aliphatic carbocycles. The van der Waals surface area contributed by atoms with Crippen molar-refractivity contribution in [1.82, 2.24) is 0 Å². The van der Waals surface area contributed by atoms with Gasteiger partial charge in [0.05, 0.1) is 6.54 Å². The molecule has 20 heavy (non-hydrogen) atoms. The number of carbonyl (C=O) groups is 1. The molecule has 0 saturated carbocycles. The van der Waals surface area contributed by atoms with Crippen LogP contribution in [0.4, 0.5) is 11.4 Å². The second kappa shape index (κ2) is 6.24. The maximum atomic E-state index is 11.7. The van der Waals surface area contributed by atoms with Gasteiger partial charge in [-0.15, -0.1) is 0 Å². The maximum Gasteiger partial charge on any atom is 0.224 e. The van der Waals surface area contributed by atoms with E-state index in [9.17, 15) is 4.79 Å². The maximum absolute atomic E-state index is 11.7. The average molecular weight is 278 g/mol. The van der Waals surface area contributed by atoms with Crippen LogP contribution in [0, 0.1) is 0 Å². The van der Waals surface area contributed by atoms with Gasteiger partial charge in [0.25, 0.3) is 0 Å². The summed E-state index contributed by atoms with van der Waals surface area (Å²) in [5.74, 6) is 0.0933. The number of ether oxygens (including phenoxy) is 2. The first-order valence-electron chi connectivity index (χ1n) is 6.79. The Morgan fingerprint density at radius 1 is 1.45 bits per heavy atom. The summed E-state index contributed by atoms with van der Waals surface area (Å²) in [4.78, 5) is 13.5. The molecule has 1 unspecified atom stereocenters. The molecule has 0 bridgehead atoms. The van der Waals surface area contributed by atoms with E-state index < -0.39 is 0 Å². The van der Waals surface area contributed by atoms with Gasteiger partial charge in [-0.2, -0.15) is 0 Å². The van der Waals surface area contributed by atoms with E-state index in [4.69, 9.17) is 9.47 Å². The molecule has 1 amide bonds. The van der Waals surface area contributed by atoms with Gasteiger partial charge < -0.3 is 19.7 Å². The largest absolute Gasteiger partial charge is 0.380 e. The number of methoxy groups -OCH3 is 2. The number of fused-ring (bicyclic) bond motifs is 1. The number of benzene rings is 1. The Bertz CT molecular complexity index is 486. The third-order valence-electron chi connectivity index (χ3n) is 3.63. The van der Waals surface area contributed by atoms with Gasteiger partial charge in [-0.25, -0.2) is 0 Å². The lowest BCUT2D eigenvalue weighted by Crippen LogP contribution is -2.33. The van der Waals surface area contributed by atoms with Gasteiger partial charge in [0.2, 0.25) is 5.91 Å². The van der Waals surface area contributed by atoms with E-state index in [1.54, 1.807) is 21.1 Å². The van der Waals surface area contributed by atoms with Crippen molar-refractivity contribution in [1.29, 1.82) is 0 Å². The van der Waals surface area contributed by atoms with Crippen LogP contribution < -0.4 is 10.2 Å². The third kappa shape index (κ3) is 2.94. The Kier molecular flexibility index (Phi) is 4.62. The van der Waals surface area contributed by atoms with Gasteiger partial charge in [-0.1, -0.05) is 0 Å². The van der Waals surface area contributed by atoms with Gasteiger partial charge in [-0.3, -0.25) is 4.79 Å². The van der Waals surface area contributed by atoms with Gasteiger partial charge in [0.1, 0.15) is 0 Å². The summed E-state index contributed by atoms with van der Waals surface area (Å²) in [6.07, 6.45) is 0.624. The Hall–Kier alpha value is -1.59. The van der Waals surface area contributed by atoms with Crippen LogP contribution in [0.2, 0.25) is 0 Å². The minimum atomic E-state index is -0.268. The average Bonchev–Trinajstić information content (AvgIpc) is 2.75. The van der Waals surface area contributed by atoms with Crippen LogP contribution >= 0.6 is 0 Å². The Labute approximate surface area is 119 Å². The fraction of sp³-hybridized carbons (Fsp3) is 0.533. The van der Waals surface area contributed by atoms with Gasteiger partial charge >= 0.3 is 0 Å². The van der Waals surface area contributed by atoms with Crippen molar-refractivity contribution < 1.29 is 14.3 Å². The highest BCUT2D eigenvalue weighted by Gasteiger charge is 2.28. The molecule has 0 radical (unpaired) electrons. The molecule has 1 aromatic rings. The topological polar surface area (TPSA) is 50.8 Å². The number of nitrogens with zero attached hydrogens (tertiary/aromatic N) is 1. The molecule has 1 heterocycles. The zero-order chi connectivity index (χ0) is 14.7. The molecular weight excluding hydrogens is 256 g/mol. The van der Waals surface area contributed by atoms with E-state index in [-0.39, 0.29) is 18.2 Å². The number of anilines is 2. The van der Waals surface area contributed by atoms with Gasteiger partial charge in [0.15, 0.2) is 6.29 Å². The van der Waals surface area contributed by atoms with E-state index in [0.29, 0.717) is 6.54 Å². The van der Waals surface area contributed by atoms with Crippen molar-refractivity contribution in [2.75, 3.05) is 31.0 Å². The molecule has 0 fully saturated rings. The minimum absolute atomic E-state index is 0.0933. The van der Waals surface area contributed by atoms with Crippen molar-refractivity contribution in [3.63, 3.8) is 0 Å². The Morgan fingerprint density at radius 2 is 2.15 bits per heavy atom. The number of nitrogens with one attached hydrogen (secondary N) is 1. The van der Waals surface area contributed by atoms with E-state index in [2.05, 4.69) is 18.3 Å². The van der Waals surface area contributed by atoms with Crippen LogP contribution in [0.3, 0.4) is 0 Å². The fourth-order valence-corrected chi connectivity index (χ4v) is 2.69. The first-order valence-corrected chi connectivity index (χ1v) is 6.79. The molecule has 2 rings (SSSR count). The van der Waals surface area contributed by atoms with Crippen molar-refractivity contribution in [2.45, 2.75) is 32.6 Å². The summed E-state index contributed by atoms with van der Waals surface area (Å²) in [5, 5.41) is 3.28. The molecule has 0 saturated heterocycles. The van der Waals surface area contributed by atoms with Crippen LogP contribution in [0.25, 0.3) is 0 Å². The minimum Gasteiger partial charge on any atom is -0.380 e. The predicted molar refractivity (Wildman–Crippen MR) is 79.1 cm³/mol. The first kappa shape index (κ1) is 14.8. The molecule has 1 aliphatic rings. The number of amides is 1. The number of hydrogen-bond acceptors (Lipinski definition) is 4. The molecule has 110 valence electrons. The standard InChI is InChI=1S/C15H22N2O3/c1-10-7-12-8-13(16-9-15(19-3)20-4)5-6-14(12)17(10)11(2)18/h5-6,8,10,15-16H,7,9H2,1-4H3. The highest BCUT2D eigenvalue weighted by atomic mass is 16.7. The number of hydrogen-bond donors (Lipinski definition) is 1. The highest BCUT2D eigenvalue weighted by Crippen LogP contribution is 2.34. The number of carbonyl (C=O) groups excluding carboxylic acids is 1. The van der Waals surface area contributed by atoms with Crippen molar-refractivity contribution >= 4 is 17.3 Å². The zero-order valence-electron chi connectivity index (χ0n) is 12.5. The van der Waals surface area contributed by atoms with Crippen molar-refractivity contribution in [2.24, 2.45) is 0 Å². The van der Waals surface area contributed by atoms with Crippen LogP contribution in [0.1, 0.15) is 19.4 Å². The first-order chi connectivity index (χ1) is 9.56. The normalized spacial score (nSPS) is 17.4. The second-order valence-corrected chi connectivity index (χ2v) is 5.07. The van der Waals surface area contributed by atoms with Crippen LogP contribution in [-0.4, -0.2) is 39.0 Å². The predicted octanol–water partition coefficient (Wildman–Crippen LogP) is 2.01. The molecule has 5 heteroatoms. The molecular formula is C15H22N2O3. The molecule has 5 nitrogen and oxygen atoms in total. The van der Waals surface area contributed by atoms with Crippen LogP contribution in [0.15, 0.2) is 18.2 Å². The summed E-state index contributed by atoms with van der Waals surface area (Å²) in [6.45, 7) is 4.26. The smallest absolute Gasteiger partial charge is 0.224 e. The quantitative estimate of drug-likeness (QED) is 0.837. The lowest BCUT2D eigenvalue weighted by Gasteiger charge is -2.20. The van der Waals surface area contributed by atoms with Crippen molar-refractivity contribution in [3.05, 3.63) is 23.8 Å². The summed E-state index contributed by atoms with van der Waals surface area (Å²) >= 11 is 0. The van der Waals surface area contributed by atoms with Crippen LogP contribution in [0.5, 0.6) is 0 Å². The SMILES string of the molecule is COC(CNc1ccc2c(c1)CC(C)N2C(C)=O)OC. The third-order valence-corrected chi connectivity index (χ3v) is 3.63. The molecule has 1 N–H and O–H groups in total. The van der Waals surface area contributed by atoms with Gasteiger partial charge in [0, 0.05) is 38.6 Å². The van der Waals surface area contributed by atoms with E-state index in [1.807, 2.05) is 17.0 Å². The highest BCUT2D eigenvalue weighted by molar-refractivity contribution is 5.94. The fourth-order valence-electron chi connectivity index (χ4n) is 2.69. The summed E-state index contributed by atoms with van der Waals surface area (Å²) < 4.78 is 10.3. The summed E-state index contributed by atoms with van der Waals surface area (Å²) in [5.41, 5.74) is 3.23. The summed E-state index contributed by atoms with van der Waals surface area (Å²) in [6, 6.07) is 6.30. The summed E-state index contributed by atoms with van der Waals surface area (Å²) in [7, 11) is 3.23. The van der Waals surface area contributed by atoms with Gasteiger partial charge in [-0.05, 0) is 37.1 Å². The number of rotatable bonds is 5. The van der Waals surface area contributed by atoms with Crippen molar-refractivity contribution in [3.8, 4) is 0 Å². The van der Waals surface area contributed by atoms with E-state index >= 15 is 0 Å². The Balaban J connectivity index is 2.10. The second-order valence-electron chi connectivity index (χ2n) is 5.07. The lowest BCUT2D eigenvalue weighted by atomic mass is 10.1. The Morgan fingerprint density at radius 3 is 2.75 bits per heavy atom. The molecule has 0 spiro atoms. The van der Waals surface area contributed by atoms with E-state index in [0.717, 1.165) is 17.8 Å². The lowest BCUT2D eigenvalue weighted by molar-refractivity contribution is -0.116. The van der Waals surface area contributed by atoms with E-state index in [1.165, 1.54) is 5.56 Å². The molecule has 0 aromatic heterocycles. The molecule has 1 aromatic carbocycles. The monoisotopic (exact) mass is 278 g/mol.